The number of rotatable bonds is 9. The summed E-state index contributed by atoms with van der Waals surface area (Å²) in [7, 11) is 0. The van der Waals surface area contributed by atoms with Crippen LogP contribution < -0.4 is 10.6 Å². The van der Waals surface area contributed by atoms with Gasteiger partial charge in [-0.25, -0.2) is 0 Å². The second-order valence-electron chi connectivity index (χ2n) is 5.56. The van der Waals surface area contributed by atoms with Gasteiger partial charge < -0.3 is 10.6 Å². The van der Waals surface area contributed by atoms with Crippen LogP contribution in [0.5, 0.6) is 0 Å². The predicted molar refractivity (Wildman–Crippen MR) is 99.1 cm³/mol. The molecule has 4 heteroatoms. The Kier molecular flexibility index (Phi) is 6.55. The van der Waals surface area contributed by atoms with Crippen molar-refractivity contribution < 1.29 is 9.59 Å². The van der Waals surface area contributed by atoms with Crippen LogP contribution in [0.1, 0.15) is 47.4 Å². The molecular formula is C20H24N2O2. The summed E-state index contributed by atoms with van der Waals surface area (Å²) in [6.07, 6.45) is 1.05. The minimum Gasteiger partial charge on any atom is -0.383 e. The van der Waals surface area contributed by atoms with Crippen molar-refractivity contribution in [3.8, 4) is 0 Å². The average Bonchev–Trinajstić information content (AvgIpc) is 2.65. The fourth-order valence-electron chi connectivity index (χ4n) is 2.37. The molecule has 4 nitrogen and oxygen atoms in total. The highest BCUT2D eigenvalue weighted by Crippen LogP contribution is 2.12. The van der Waals surface area contributed by atoms with Crippen LogP contribution in [0.4, 0.5) is 11.4 Å². The molecule has 0 radical (unpaired) electrons. The molecule has 0 unspecified atom stereocenters. The number of carbonyl (C=O) groups is 2. The van der Waals surface area contributed by atoms with Crippen molar-refractivity contribution in [1.29, 1.82) is 0 Å². The van der Waals surface area contributed by atoms with Gasteiger partial charge in [-0.15, -0.1) is 0 Å². The van der Waals surface area contributed by atoms with E-state index in [1.165, 1.54) is 0 Å². The molecule has 2 N–H and O–H groups in total. The molecule has 0 bridgehead atoms. The second kappa shape index (κ2) is 8.87. The van der Waals surface area contributed by atoms with Crippen LogP contribution in [0.2, 0.25) is 0 Å². The first-order valence-electron chi connectivity index (χ1n) is 8.38. The van der Waals surface area contributed by atoms with Crippen molar-refractivity contribution in [3.05, 3.63) is 59.7 Å². The largest absolute Gasteiger partial charge is 0.383 e. The molecular weight excluding hydrogens is 300 g/mol. The van der Waals surface area contributed by atoms with E-state index in [0.29, 0.717) is 12.8 Å². The summed E-state index contributed by atoms with van der Waals surface area (Å²) in [5.41, 5.74) is 3.49. The molecule has 2 aromatic rings. The Balaban J connectivity index is 1.76. The van der Waals surface area contributed by atoms with E-state index in [9.17, 15) is 9.59 Å². The van der Waals surface area contributed by atoms with E-state index in [2.05, 4.69) is 10.6 Å². The summed E-state index contributed by atoms with van der Waals surface area (Å²) in [4.78, 5) is 23.2. The quantitative estimate of drug-likeness (QED) is 0.530. The number of hydrogen-bond acceptors (Lipinski definition) is 4. The average molecular weight is 324 g/mol. The van der Waals surface area contributed by atoms with Crippen molar-refractivity contribution in [2.75, 3.05) is 23.7 Å². The Bertz CT molecular complexity index is 614. The van der Waals surface area contributed by atoms with Gasteiger partial charge in [0.05, 0.1) is 0 Å². The molecule has 0 spiro atoms. The van der Waals surface area contributed by atoms with Gasteiger partial charge in [-0.05, 0) is 48.5 Å². The number of hydrogen-bond donors (Lipinski definition) is 2. The fraction of sp³-hybridized carbons (Fsp3) is 0.300. The minimum absolute atomic E-state index is 0.160. The number of anilines is 2. The Labute approximate surface area is 143 Å². The maximum absolute atomic E-state index is 11.6. The van der Waals surface area contributed by atoms with Crippen molar-refractivity contribution in [3.63, 3.8) is 0 Å². The standard InChI is InChI=1S/C20H24N2O2/c1-3-19(23)15-5-9-17(10-6-15)21-13-14-22-18-11-7-16(8-12-18)20(24)4-2/h5-12,21-22H,3-4,13-14H2,1-2H3. The van der Waals surface area contributed by atoms with E-state index in [1.807, 2.05) is 62.4 Å². The topological polar surface area (TPSA) is 58.2 Å². The zero-order valence-electron chi connectivity index (χ0n) is 14.3. The molecule has 2 rings (SSSR count). The molecule has 126 valence electrons. The fourth-order valence-corrected chi connectivity index (χ4v) is 2.37. The van der Waals surface area contributed by atoms with Gasteiger partial charge in [-0.1, -0.05) is 13.8 Å². The molecule has 0 aliphatic heterocycles. The monoisotopic (exact) mass is 324 g/mol. The lowest BCUT2D eigenvalue weighted by molar-refractivity contribution is 0.0980. The number of nitrogens with one attached hydrogen (secondary N) is 2. The van der Waals surface area contributed by atoms with Gasteiger partial charge in [0.25, 0.3) is 0 Å². The second-order valence-corrected chi connectivity index (χ2v) is 5.56. The van der Waals surface area contributed by atoms with Gasteiger partial charge in [0.15, 0.2) is 11.6 Å². The van der Waals surface area contributed by atoms with Gasteiger partial charge in [-0.2, -0.15) is 0 Å². The Hall–Kier alpha value is -2.62. The number of carbonyl (C=O) groups excluding carboxylic acids is 2. The van der Waals surface area contributed by atoms with Crippen LogP contribution in [0.25, 0.3) is 0 Å². The Morgan fingerprint density at radius 2 is 1.00 bits per heavy atom. The maximum atomic E-state index is 11.6. The number of benzene rings is 2. The van der Waals surface area contributed by atoms with Crippen molar-refractivity contribution in [2.24, 2.45) is 0 Å². The highest BCUT2D eigenvalue weighted by Gasteiger charge is 2.03. The van der Waals surface area contributed by atoms with Gasteiger partial charge in [0.2, 0.25) is 0 Å². The van der Waals surface area contributed by atoms with Gasteiger partial charge in [0.1, 0.15) is 0 Å². The first kappa shape index (κ1) is 17.7. The third-order valence-corrected chi connectivity index (χ3v) is 3.84. The molecule has 0 aliphatic carbocycles. The van der Waals surface area contributed by atoms with Gasteiger partial charge in [-0.3, -0.25) is 9.59 Å². The third kappa shape index (κ3) is 4.95. The van der Waals surface area contributed by atoms with E-state index in [0.717, 1.165) is 35.6 Å². The smallest absolute Gasteiger partial charge is 0.162 e. The third-order valence-electron chi connectivity index (χ3n) is 3.84. The van der Waals surface area contributed by atoms with E-state index >= 15 is 0 Å². The Morgan fingerprint density at radius 3 is 1.29 bits per heavy atom. The van der Waals surface area contributed by atoms with Crippen molar-refractivity contribution in [2.45, 2.75) is 26.7 Å². The summed E-state index contributed by atoms with van der Waals surface area (Å²) in [6, 6.07) is 15.1. The van der Waals surface area contributed by atoms with Crippen molar-refractivity contribution in [1.82, 2.24) is 0 Å². The van der Waals surface area contributed by atoms with Gasteiger partial charge >= 0.3 is 0 Å². The van der Waals surface area contributed by atoms with Crippen LogP contribution in [0.15, 0.2) is 48.5 Å². The molecule has 0 saturated carbocycles. The molecule has 0 aromatic heterocycles. The summed E-state index contributed by atoms with van der Waals surface area (Å²) in [6.45, 7) is 5.25. The van der Waals surface area contributed by atoms with E-state index in [-0.39, 0.29) is 11.6 Å². The van der Waals surface area contributed by atoms with Crippen LogP contribution >= 0.6 is 0 Å². The van der Waals surface area contributed by atoms with Crippen LogP contribution in [0, 0.1) is 0 Å². The van der Waals surface area contributed by atoms with Gasteiger partial charge in [0, 0.05) is 48.4 Å². The predicted octanol–water partition coefficient (Wildman–Crippen LogP) is 4.40. The van der Waals surface area contributed by atoms with Crippen LogP contribution in [-0.2, 0) is 0 Å². The lowest BCUT2D eigenvalue weighted by Crippen LogP contribution is -2.13. The number of Topliss-reactive ketones (excluding diaryl/α,β-unsaturated/α-hetero) is 2. The molecule has 2 aromatic carbocycles. The molecule has 24 heavy (non-hydrogen) atoms. The molecule has 0 saturated heterocycles. The highest BCUT2D eigenvalue weighted by atomic mass is 16.1. The first-order chi connectivity index (χ1) is 11.6. The number of ketones is 2. The highest BCUT2D eigenvalue weighted by molar-refractivity contribution is 5.96. The summed E-state index contributed by atoms with van der Waals surface area (Å²) >= 11 is 0. The van der Waals surface area contributed by atoms with E-state index in [4.69, 9.17) is 0 Å². The first-order valence-corrected chi connectivity index (χ1v) is 8.38. The summed E-state index contributed by atoms with van der Waals surface area (Å²) in [5, 5.41) is 6.62. The maximum Gasteiger partial charge on any atom is 0.162 e. The summed E-state index contributed by atoms with van der Waals surface area (Å²) < 4.78 is 0. The zero-order valence-corrected chi connectivity index (χ0v) is 14.3. The van der Waals surface area contributed by atoms with Crippen LogP contribution in [0.3, 0.4) is 0 Å². The minimum atomic E-state index is 0.160. The van der Waals surface area contributed by atoms with E-state index in [1.54, 1.807) is 0 Å². The molecule has 0 fully saturated rings. The lowest BCUT2D eigenvalue weighted by Gasteiger charge is -2.10. The van der Waals surface area contributed by atoms with Crippen molar-refractivity contribution >= 4 is 22.9 Å². The summed E-state index contributed by atoms with van der Waals surface area (Å²) in [5.74, 6) is 0.321. The zero-order chi connectivity index (χ0) is 17.4. The molecule has 0 amide bonds. The lowest BCUT2D eigenvalue weighted by atomic mass is 10.1. The Morgan fingerprint density at radius 1 is 0.667 bits per heavy atom. The molecule has 0 aliphatic rings. The normalized spacial score (nSPS) is 10.2. The van der Waals surface area contributed by atoms with Crippen LogP contribution in [-0.4, -0.2) is 24.7 Å². The molecule has 0 heterocycles. The molecule has 0 atom stereocenters. The SMILES string of the molecule is CCC(=O)c1ccc(NCCNc2ccc(C(=O)CC)cc2)cc1. The van der Waals surface area contributed by atoms with E-state index < -0.39 is 0 Å².